The summed E-state index contributed by atoms with van der Waals surface area (Å²) in [5.74, 6) is -0.229. The van der Waals surface area contributed by atoms with Crippen LogP contribution in [-0.2, 0) is 4.74 Å². The number of Topliss-reactive ketones (excluding diaryl/α,β-unsaturated/α-hetero) is 1. The Morgan fingerprint density at radius 3 is 2.71 bits per heavy atom. The van der Waals surface area contributed by atoms with Crippen LogP contribution >= 0.6 is 0 Å². The number of nitro benzene ring substituents is 1. The van der Waals surface area contributed by atoms with Crippen molar-refractivity contribution in [3.05, 3.63) is 33.9 Å². The Labute approximate surface area is 122 Å². The van der Waals surface area contributed by atoms with Crippen LogP contribution in [0.5, 0.6) is 0 Å². The predicted molar refractivity (Wildman–Crippen MR) is 76.6 cm³/mol. The Kier molecular flexibility index (Phi) is 4.54. The fraction of sp³-hybridized carbons (Fsp3) is 0.500. The van der Waals surface area contributed by atoms with E-state index in [1.54, 1.807) is 0 Å². The highest BCUT2D eigenvalue weighted by Crippen LogP contribution is 2.28. The van der Waals surface area contributed by atoms with Crippen LogP contribution in [0.25, 0.3) is 0 Å². The molecule has 0 amide bonds. The number of aliphatic hydroxyl groups is 1. The molecule has 0 bridgehead atoms. The van der Waals surface area contributed by atoms with E-state index in [2.05, 4.69) is 5.32 Å². The summed E-state index contributed by atoms with van der Waals surface area (Å²) in [6.45, 7) is 2.51. The third-order valence-electron chi connectivity index (χ3n) is 3.63. The van der Waals surface area contributed by atoms with Crippen molar-refractivity contribution in [2.45, 2.75) is 25.4 Å². The molecular weight excluding hydrogens is 276 g/mol. The number of anilines is 1. The molecule has 1 fully saturated rings. The van der Waals surface area contributed by atoms with Gasteiger partial charge in [0.1, 0.15) is 5.69 Å². The van der Waals surface area contributed by atoms with E-state index < -0.39 is 10.5 Å². The second-order valence-corrected chi connectivity index (χ2v) is 5.24. The fourth-order valence-corrected chi connectivity index (χ4v) is 2.24. The van der Waals surface area contributed by atoms with E-state index in [4.69, 9.17) is 4.74 Å². The second-order valence-electron chi connectivity index (χ2n) is 5.24. The summed E-state index contributed by atoms with van der Waals surface area (Å²) in [6.07, 6.45) is 0.971. The van der Waals surface area contributed by atoms with Gasteiger partial charge in [0.05, 0.1) is 10.5 Å². The highest BCUT2D eigenvalue weighted by molar-refractivity contribution is 5.95. The van der Waals surface area contributed by atoms with Crippen molar-refractivity contribution in [3.63, 3.8) is 0 Å². The van der Waals surface area contributed by atoms with Gasteiger partial charge in [0.2, 0.25) is 0 Å². The Morgan fingerprint density at radius 2 is 2.14 bits per heavy atom. The first-order valence-electron chi connectivity index (χ1n) is 6.75. The zero-order valence-electron chi connectivity index (χ0n) is 11.8. The highest BCUT2D eigenvalue weighted by atomic mass is 16.6. The lowest BCUT2D eigenvalue weighted by molar-refractivity contribution is -0.384. The van der Waals surface area contributed by atoms with Gasteiger partial charge in [-0.1, -0.05) is 0 Å². The van der Waals surface area contributed by atoms with E-state index in [0.29, 0.717) is 31.7 Å². The van der Waals surface area contributed by atoms with Crippen LogP contribution in [0, 0.1) is 10.1 Å². The summed E-state index contributed by atoms with van der Waals surface area (Å²) in [4.78, 5) is 21.9. The molecule has 0 aliphatic carbocycles. The van der Waals surface area contributed by atoms with Crippen LogP contribution in [0.4, 0.5) is 11.4 Å². The van der Waals surface area contributed by atoms with E-state index in [1.807, 2.05) is 0 Å². The normalized spacial score (nSPS) is 17.2. The second kappa shape index (κ2) is 6.19. The average molecular weight is 294 g/mol. The first kappa shape index (κ1) is 15.4. The molecule has 1 aliphatic rings. The molecule has 0 spiro atoms. The average Bonchev–Trinajstić information content (AvgIpc) is 2.45. The van der Waals surface area contributed by atoms with Crippen LogP contribution in [0.3, 0.4) is 0 Å². The molecule has 1 aliphatic heterocycles. The third-order valence-corrected chi connectivity index (χ3v) is 3.63. The summed E-state index contributed by atoms with van der Waals surface area (Å²) in [5.41, 5.74) is -0.508. The van der Waals surface area contributed by atoms with Crippen molar-refractivity contribution >= 4 is 17.2 Å². The van der Waals surface area contributed by atoms with Crippen molar-refractivity contribution in [1.29, 1.82) is 0 Å². The molecule has 0 aromatic heterocycles. The summed E-state index contributed by atoms with van der Waals surface area (Å²) < 4.78 is 5.19. The molecular formula is C14H18N2O5. The van der Waals surface area contributed by atoms with Gasteiger partial charge in [0.15, 0.2) is 5.78 Å². The number of nitro groups is 1. The largest absolute Gasteiger partial charge is 0.388 e. The molecule has 1 heterocycles. The van der Waals surface area contributed by atoms with E-state index in [9.17, 15) is 20.0 Å². The van der Waals surface area contributed by atoms with Gasteiger partial charge in [-0.05, 0) is 19.1 Å². The van der Waals surface area contributed by atoms with Crippen molar-refractivity contribution < 1.29 is 19.6 Å². The van der Waals surface area contributed by atoms with Gasteiger partial charge in [-0.2, -0.15) is 0 Å². The minimum atomic E-state index is -0.925. The number of rotatable bonds is 5. The van der Waals surface area contributed by atoms with Crippen LogP contribution < -0.4 is 5.32 Å². The van der Waals surface area contributed by atoms with Gasteiger partial charge in [-0.3, -0.25) is 14.9 Å². The monoisotopic (exact) mass is 294 g/mol. The molecule has 1 saturated heterocycles. The molecule has 7 nitrogen and oxygen atoms in total. The SMILES string of the molecule is CC(=O)c1ccc(NCC2(O)CCOCC2)c([N+](=O)[O-])c1. The zero-order valence-corrected chi connectivity index (χ0v) is 11.8. The lowest BCUT2D eigenvalue weighted by Crippen LogP contribution is -2.42. The Bertz CT molecular complexity index is 552. The molecule has 1 aromatic carbocycles. The number of carbonyl (C=O) groups excluding carboxylic acids is 1. The standard InChI is InChI=1S/C14H18N2O5/c1-10(17)11-2-3-12(13(8-11)16(19)20)15-9-14(18)4-6-21-7-5-14/h2-3,8,15,18H,4-7,9H2,1H3. The van der Waals surface area contributed by atoms with Crippen LogP contribution in [-0.4, -0.2) is 41.2 Å². The number of hydrogen-bond acceptors (Lipinski definition) is 6. The quantitative estimate of drug-likeness (QED) is 0.487. The minimum absolute atomic E-state index is 0.168. The summed E-state index contributed by atoms with van der Waals surface area (Å²) in [6, 6.07) is 4.28. The molecule has 0 atom stereocenters. The molecule has 21 heavy (non-hydrogen) atoms. The Hall–Kier alpha value is -1.99. The number of carbonyl (C=O) groups is 1. The van der Waals surface area contributed by atoms with Gasteiger partial charge in [0.25, 0.3) is 5.69 Å². The number of ether oxygens (including phenoxy) is 1. The number of hydrogen-bond donors (Lipinski definition) is 2. The molecule has 2 N–H and O–H groups in total. The van der Waals surface area contributed by atoms with Gasteiger partial charge in [0, 0.05) is 44.2 Å². The molecule has 0 saturated carbocycles. The van der Waals surface area contributed by atoms with Gasteiger partial charge in [-0.15, -0.1) is 0 Å². The maximum atomic E-state index is 11.3. The number of nitrogens with zero attached hydrogens (tertiary/aromatic N) is 1. The first-order chi connectivity index (χ1) is 9.91. The topological polar surface area (TPSA) is 102 Å². The summed E-state index contributed by atoms with van der Waals surface area (Å²) in [7, 11) is 0. The minimum Gasteiger partial charge on any atom is -0.388 e. The molecule has 2 rings (SSSR count). The van der Waals surface area contributed by atoms with Gasteiger partial charge >= 0.3 is 0 Å². The molecule has 114 valence electrons. The maximum Gasteiger partial charge on any atom is 0.293 e. The van der Waals surface area contributed by atoms with Crippen molar-refractivity contribution in [2.75, 3.05) is 25.1 Å². The van der Waals surface area contributed by atoms with Crippen LogP contribution in [0.15, 0.2) is 18.2 Å². The maximum absolute atomic E-state index is 11.3. The Balaban J connectivity index is 2.15. The van der Waals surface area contributed by atoms with Gasteiger partial charge < -0.3 is 15.2 Å². The van der Waals surface area contributed by atoms with Crippen molar-refractivity contribution in [1.82, 2.24) is 0 Å². The zero-order chi connectivity index (χ0) is 15.5. The summed E-state index contributed by atoms with van der Waals surface area (Å²) >= 11 is 0. The highest BCUT2D eigenvalue weighted by Gasteiger charge is 2.30. The lowest BCUT2D eigenvalue weighted by Gasteiger charge is -2.32. The van der Waals surface area contributed by atoms with Crippen LogP contribution in [0.2, 0.25) is 0 Å². The van der Waals surface area contributed by atoms with Crippen molar-refractivity contribution in [2.24, 2.45) is 0 Å². The first-order valence-corrected chi connectivity index (χ1v) is 6.75. The number of ketones is 1. The van der Waals surface area contributed by atoms with E-state index >= 15 is 0 Å². The predicted octanol–water partition coefficient (Wildman–Crippen LogP) is 1.75. The Morgan fingerprint density at radius 1 is 1.48 bits per heavy atom. The van der Waals surface area contributed by atoms with Crippen molar-refractivity contribution in [3.8, 4) is 0 Å². The third kappa shape index (κ3) is 3.77. The number of benzene rings is 1. The van der Waals surface area contributed by atoms with E-state index in [1.165, 1.54) is 25.1 Å². The summed E-state index contributed by atoms with van der Waals surface area (Å²) in [5, 5.41) is 24.4. The molecule has 0 radical (unpaired) electrons. The number of nitrogens with one attached hydrogen (secondary N) is 1. The van der Waals surface area contributed by atoms with E-state index in [0.717, 1.165) is 0 Å². The molecule has 1 aromatic rings. The van der Waals surface area contributed by atoms with E-state index in [-0.39, 0.29) is 23.6 Å². The molecule has 0 unspecified atom stereocenters. The lowest BCUT2D eigenvalue weighted by atomic mass is 9.94. The smallest absolute Gasteiger partial charge is 0.293 e. The fourth-order valence-electron chi connectivity index (χ4n) is 2.24. The molecule has 7 heteroatoms. The van der Waals surface area contributed by atoms with Gasteiger partial charge in [-0.25, -0.2) is 0 Å². The van der Waals surface area contributed by atoms with Crippen LogP contribution in [0.1, 0.15) is 30.1 Å².